The topological polar surface area (TPSA) is 89.5 Å². The van der Waals surface area contributed by atoms with Crippen molar-refractivity contribution in [1.29, 1.82) is 0 Å². The van der Waals surface area contributed by atoms with Crippen molar-refractivity contribution in [1.82, 2.24) is 19.7 Å². The van der Waals surface area contributed by atoms with E-state index in [-0.39, 0.29) is 6.09 Å². The van der Waals surface area contributed by atoms with Gasteiger partial charge in [-0.3, -0.25) is 0 Å². The van der Waals surface area contributed by atoms with Crippen LogP contribution in [0.15, 0.2) is 12.3 Å². The number of aryl methyl sites for hydroxylation is 1. The molecule has 1 aliphatic rings. The van der Waals surface area contributed by atoms with Gasteiger partial charge in [-0.1, -0.05) is 0 Å². The lowest BCUT2D eigenvalue weighted by atomic mass is 10.2. The second kappa shape index (κ2) is 6.42. The molecule has 1 saturated heterocycles. The van der Waals surface area contributed by atoms with Crippen LogP contribution in [0.2, 0.25) is 0 Å². The lowest BCUT2D eigenvalue weighted by Gasteiger charge is -2.36. The highest BCUT2D eigenvalue weighted by atomic mass is 16.6. The largest absolute Gasteiger partial charge is 0.444 e. The molecule has 3 heterocycles. The lowest BCUT2D eigenvalue weighted by Crippen LogP contribution is -2.50. The van der Waals surface area contributed by atoms with Crippen LogP contribution in [0.1, 0.15) is 27.7 Å². The highest BCUT2D eigenvalue weighted by Crippen LogP contribution is 2.25. The van der Waals surface area contributed by atoms with Crippen molar-refractivity contribution in [2.24, 2.45) is 0 Å². The molecule has 0 unspecified atom stereocenters. The Kier molecular flexibility index (Phi) is 4.45. The molecule has 136 valence electrons. The van der Waals surface area contributed by atoms with Crippen LogP contribution in [-0.4, -0.2) is 57.5 Å². The Bertz CT molecular complexity index is 771. The fraction of sp³-hybridized carbons (Fsp3) is 0.588. The summed E-state index contributed by atoms with van der Waals surface area (Å²) in [6.45, 7) is 11.1. The van der Waals surface area contributed by atoms with E-state index in [1.165, 1.54) is 0 Å². The molecule has 2 aromatic heterocycles. The third kappa shape index (κ3) is 3.62. The van der Waals surface area contributed by atoms with E-state index in [1.807, 2.05) is 40.0 Å². The molecule has 0 aromatic carbocycles. The Hall–Kier alpha value is -2.51. The van der Waals surface area contributed by atoms with E-state index in [1.54, 1.807) is 9.58 Å². The quantitative estimate of drug-likeness (QED) is 0.895. The van der Waals surface area contributed by atoms with Crippen LogP contribution in [0, 0.1) is 0 Å². The van der Waals surface area contributed by atoms with Crippen molar-refractivity contribution in [2.45, 2.75) is 39.8 Å². The van der Waals surface area contributed by atoms with Crippen molar-refractivity contribution >= 4 is 28.6 Å². The smallest absolute Gasteiger partial charge is 0.410 e. The first-order valence-corrected chi connectivity index (χ1v) is 8.63. The minimum Gasteiger partial charge on any atom is -0.444 e. The first kappa shape index (κ1) is 17.3. The zero-order valence-corrected chi connectivity index (χ0v) is 15.3. The van der Waals surface area contributed by atoms with Crippen LogP contribution < -0.4 is 10.6 Å². The van der Waals surface area contributed by atoms with E-state index in [2.05, 4.69) is 15.0 Å². The molecule has 3 rings (SSSR count). The molecule has 1 amide bonds. The predicted octanol–water partition coefficient (Wildman–Crippen LogP) is 2.09. The summed E-state index contributed by atoms with van der Waals surface area (Å²) >= 11 is 0. The van der Waals surface area contributed by atoms with Crippen LogP contribution >= 0.6 is 0 Å². The van der Waals surface area contributed by atoms with E-state index in [4.69, 9.17) is 10.5 Å². The predicted molar refractivity (Wildman–Crippen MR) is 97.6 cm³/mol. The van der Waals surface area contributed by atoms with Gasteiger partial charge in [0.2, 0.25) is 0 Å². The summed E-state index contributed by atoms with van der Waals surface area (Å²) in [6.07, 6.45) is 1.56. The molecule has 0 spiro atoms. The minimum absolute atomic E-state index is 0.255. The van der Waals surface area contributed by atoms with E-state index in [0.29, 0.717) is 31.1 Å². The number of pyridine rings is 1. The third-order valence-electron chi connectivity index (χ3n) is 4.22. The number of nitrogens with zero attached hydrogens (tertiary/aromatic N) is 5. The zero-order valence-electron chi connectivity index (χ0n) is 15.3. The van der Waals surface area contributed by atoms with Gasteiger partial charge in [-0.2, -0.15) is 5.10 Å². The maximum atomic E-state index is 12.2. The van der Waals surface area contributed by atoms with Gasteiger partial charge in [0.05, 0.1) is 17.3 Å². The Morgan fingerprint density at radius 2 is 1.96 bits per heavy atom. The minimum atomic E-state index is -0.472. The number of anilines is 2. The monoisotopic (exact) mass is 346 g/mol. The Balaban J connectivity index is 1.69. The number of ether oxygens (including phenoxy) is 1. The standard InChI is InChI=1S/C17H26N6O2/c1-5-23-14(18)13-10-12(11-19-15(13)20-23)21-6-8-22(9-7-21)16(24)25-17(2,3)4/h10-11H,5-9,18H2,1-4H3. The number of carbonyl (C=O) groups is 1. The van der Waals surface area contributed by atoms with E-state index < -0.39 is 5.60 Å². The Morgan fingerprint density at radius 1 is 1.28 bits per heavy atom. The number of nitrogen functional groups attached to an aromatic ring is 1. The molecule has 0 radical (unpaired) electrons. The average Bonchev–Trinajstić information content (AvgIpc) is 2.89. The highest BCUT2D eigenvalue weighted by Gasteiger charge is 2.26. The van der Waals surface area contributed by atoms with Crippen LogP contribution in [0.3, 0.4) is 0 Å². The number of amides is 1. The number of nitrogens with two attached hydrogens (primary N) is 1. The van der Waals surface area contributed by atoms with E-state index in [0.717, 1.165) is 24.2 Å². The van der Waals surface area contributed by atoms with Crippen LogP contribution in [-0.2, 0) is 11.3 Å². The lowest BCUT2D eigenvalue weighted by molar-refractivity contribution is 0.0240. The fourth-order valence-corrected chi connectivity index (χ4v) is 2.91. The van der Waals surface area contributed by atoms with Crippen LogP contribution in [0.5, 0.6) is 0 Å². The Labute approximate surface area is 147 Å². The molecule has 0 aliphatic carbocycles. The number of piperazine rings is 1. The fourth-order valence-electron chi connectivity index (χ4n) is 2.91. The average molecular weight is 346 g/mol. The van der Waals surface area contributed by atoms with Gasteiger partial charge in [0, 0.05) is 32.7 Å². The van der Waals surface area contributed by atoms with Gasteiger partial charge in [-0.25, -0.2) is 14.5 Å². The Morgan fingerprint density at radius 3 is 2.56 bits per heavy atom. The summed E-state index contributed by atoms with van der Waals surface area (Å²) in [7, 11) is 0. The van der Waals surface area contributed by atoms with Gasteiger partial charge >= 0.3 is 6.09 Å². The van der Waals surface area contributed by atoms with Gasteiger partial charge in [-0.15, -0.1) is 0 Å². The number of hydrogen-bond donors (Lipinski definition) is 1. The van der Waals surface area contributed by atoms with E-state index in [9.17, 15) is 4.79 Å². The number of rotatable bonds is 2. The normalized spacial score (nSPS) is 15.7. The summed E-state index contributed by atoms with van der Waals surface area (Å²) in [5, 5.41) is 5.25. The summed E-state index contributed by atoms with van der Waals surface area (Å²) in [5.74, 6) is 0.638. The summed E-state index contributed by atoms with van der Waals surface area (Å²) in [5.41, 5.74) is 7.33. The summed E-state index contributed by atoms with van der Waals surface area (Å²) in [6, 6.07) is 2.03. The molecule has 0 saturated carbocycles. The van der Waals surface area contributed by atoms with Gasteiger partial charge in [-0.05, 0) is 33.8 Å². The van der Waals surface area contributed by atoms with Crippen LogP contribution in [0.25, 0.3) is 11.0 Å². The molecular weight excluding hydrogens is 320 g/mol. The van der Waals surface area contributed by atoms with Crippen molar-refractivity contribution in [2.75, 3.05) is 36.8 Å². The molecule has 8 nitrogen and oxygen atoms in total. The van der Waals surface area contributed by atoms with Gasteiger partial charge in [0.15, 0.2) is 5.65 Å². The molecular formula is C17H26N6O2. The SMILES string of the molecule is CCn1nc2ncc(N3CCN(C(=O)OC(C)(C)C)CC3)cc2c1N. The zero-order chi connectivity index (χ0) is 18.2. The molecule has 2 aromatic rings. The van der Waals surface area contributed by atoms with Crippen molar-refractivity contribution in [3.8, 4) is 0 Å². The molecule has 1 fully saturated rings. The van der Waals surface area contributed by atoms with Crippen molar-refractivity contribution in [3.63, 3.8) is 0 Å². The summed E-state index contributed by atoms with van der Waals surface area (Å²) in [4.78, 5) is 20.5. The molecule has 25 heavy (non-hydrogen) atoms. The number of carbonyl (C=O) groups excluding carboxylic acids is 1. The van der Waals surface area contributed by atoms with Gasteiger partial charge in [0.1, 0.15) is 11.4 Å². The first-order valence-electron chi connectivity index (χ1n) is 8.63. The maximum absolute atomic E-state index is 12.2. The maximum Gasteiger partial charge on any atom is 0.410 e. The molecule has 0 atom stereocenters. The summed E-state index contributed by atoms with van der Waals surface area (Å²) < 4.78 is 7.19. The highest BCUT2D eigenvalue weighted by molar-refractivity contribution is 5.88. The second-order valence-electron chi connectivity index (χ2n) is 7.22. The number of fused-ring (bicyclic) bond motifs is 1. The second-order valence-corrected chi connectivity index (χ2v) is 7.22. The van der Waals surface area contributed by atoms with Crippen LogP contribution in [0.4, 0.5) is 16.3 Å². The molecule has 1 aliphatic heterocycles. The van der Waals surface area contributed by atoms with Gasteiger partial charge in [0.25, 0.3) is 0 Å². The first-order chi connectivity index (χ1) is 11.8. The molecule has 2 N–H and O–H groups in total. The molecule has 8 heteroatoms. The van der Waals surface area contributed by atoms with Gasteiger partial charge < -0.3 is 20.3 Å². The number of hydrogen-bond acceptors (Lipinski definition) is 6. The number of aromatic nitrogens is 3. The molecule has 0 bridgehead atoms. The van der Waals surface area contributed by atoms with Crippen molar-refractivity contribution in [3.05, 3.63) is 12.3 Å². The van der Waals surface area contributed by atoms with Crippen molar-refractivity contribution < 1.29 is 9.53 Å². The van der Waals surface area contributed by atoms with E-state index >= 15 is 0 Å². The third-order valence-corrected chi connectivity index (χ3v) is 4.22.